The number of hydrogen-bond acceptors (Lipinski definition) is 3. The van der Waals surface area contributed by atoms with E-state index in [9.17, 15) is 13.6 Å². The van der Waals surface area contributed by atoms with Crippen LogP contribution in [0.25, 0.3) is 0 Å². The van der Waals surface area contributed by atoms with Crippen LogP contribution in [0.1, 0.15) is 33.1 Å². The monoisotopic (exact) mass is 328 g/mol. The highest BCUT2D eigenvalue weighted by atomic mass is 19.1. The molecule has 0 aromatic heterocycles. The van der Waals surface area contributed by atoms with E-state index in [0.29, 0.717) is 25.3 Å². The molecule has 0 radical (unpaired) electrons. The summed E-state index contributed by atoms with van der Waals surface area (Å²) in [4.78, 5) is 13.6. The molecule has 0 aliphatic rings. The molecule has 1 unspecified atom stereocenters. The van der Waals surface area contributed by atoms with Crippen LogP contribution in [-0.4, -0.2) is 37.0 Å². The minimum absolute atomic E-state index is 0.00383. The molecule has 0 saturated heterocycles. The highest BCUT2D eigenvalue weighted by molar-refractivity contribution is 5.75. The number of rotatable bonds is 9. The van der Waals surface area contributed by atoms with E-state index in [2.05, 4.69) is 13.8 Å². The Morgan fingerprint density at radius 2 is 2.04 bits per heavy atom. The summed E-state index contributed by atoms with van der Waals surface area (Å²) in [5.74, 6) is -1.00. The van der Waals surface area contributed by atoms with E-state index in [4.69, 9.17) is 10.5 Å². The lowest BCUT2D eigenvalue weighted by atomic mass is 10.0. The third kappa shape index (κ3) is 6.95. The topological polar surface area (TPSA) is 55.6 Å². The van der Waals surface area contributed by atoms with Crippen LogP contribution in [0.4, 0.5) is 8.78 Å². The fraction of sp³-hybridized carbons (Fsp3) is 0.588. The molecule has 130 valence electrons. The minimum Gasteiger partial charge on any atom is -0.491 e. The molecule has 0 spiro atoms. The van der Waals surface area contributed by atoms with Crippen molar-refractivity contribution in [1.29, 1.82) is 0 Å². The van der Waals surface area contributed by atoms with Crippen molar-refractivity contribution in [2.24, 2.45) is 11.7 Å². The number of carbonyl (C=O) groups is 1. The van der Waals surface area contributed by atoms with Crippen molar-refractivity contribution in [1.82, 2.24) is 4.90 Å². The Hall–Kier alpha value is -1.69. The van der Waals surface area contributed by atoms with Crippen molar-refractivity contribution in [3.63, 3.8) is 0 Å². The molecular weight excluding hydrogens is 302 g/mol. The summed E-state index contributed by atoms with van der Waals surface area (Å²) < 4.78 is 31.3. The van der Waals surface area contributed by atoms with E-state index >= 15 is 0 Å². The van der Waals surface area contributed by atoms with Crippen molar-refractivity contribution in [2.75, 3.05) is 20.2 Å². The van der Waals surface area contributed by atoms with E-state index in [1.165, 1.54) is 6.07 Å². The van der Waals surface area contributed by atoms with Gasteiger partial charge in [0.2, 0.25) is 5.91 Å². The molecule has 4 nitrogen and oxygen atoms in total. The van der Waals surface area contributed by atoms with Gasteiger partial charge in [-0.3, -0.25) is 4.79 Å². The van der Waals surface area contributed by atoms with Gasteiger partial charge in [0.1, 0.15) is 5.82 Å². The maximum absolute atomic E-state index is 13.4. The van der Waals surface area contributed by atoms with Crippen molar-refractivity contribution in [3.8, 4) is 5.75 Å². The second-order valence-electron chi connectivity index (χ2n) is 6.04. The predicted molar refractivity (Wildman–Crippen MR) is 86.2 cm³/mol. The normalized spacial score (nSPS) is 12.3. The molecule has 2 N–H and O–H groups in total. The number of carbonyl (C=O) groups excluding carboxylic acids is 1. The molecule has 23 heavy (non-hydrogen) atoms. The predicted octanol–water partition coefficient (Wildman–Crippen LogP) is 2.96. The molecule has 1 amide bonds. The fourth-order valence-electron chi connectivity index (χ4n) is 1.99. The second-order valence-corrected chi connectivity index (χ2v) is 6.04. The third-order valence-electron chi connectivity index (χ3n) is 3.77. The molecule has 0 aliphatic heterocycles. The zero-order valence-electron chi connectivity index (χ0n) is 14.0. The van der Waals surface area contributed by atoms with E-state index in [1.807, 2.05) is 0 Å². The van der Waals surface area contributed by atoms with E-state index in [0.717, 1.165) is 18.6 Å². The van der Waals surface area contributed by atoms with Crippen LogP contribution in [0.3, 0.4) is 0 Å². The first kappa shape index (κ1) is 19.4. The highest BCUT2D eigenvalue weighted by Crippen LogP contribution is 2.17. The van der Waals surface area contributed by atoms with Crippen LogP contribution < -0.4 is 10.5 Å². The summed E-state index contributed by atoms with van der Waals surface area (Å²) in [7, 11) is 1.75. The van der Waals surface area contributed by atoms with Crippen LogP contribution >= 0.6 is 0 Å². The minimum atomic E-state index is -0.740. The lowest BCUT2D eigenvalue weighted by Crippen LogP contribution is -2.34. The van der Waals surface area contributed by atoms with Gasteiger partial charge < -0.3 is 15.4 Å². The summed E-state index contributed by atoms with van der Waals surface area (Å²) in [5, 5.41) is 0. The van der Waals surface area contributed by atoms with E-state index in [1.54, 1.807) is 11.9 Å². The maximum Gasteiger partial charge on any atom is 0.222 e. The zero-order valence-corrected chi connectivity index (χ0v) is 14.0. The van der Waals surface area contributed by atoms with Gasteiger partial charge in [-0.1, -0.05) is 13.8 Å². The first-order valence-corrected chi connectivity index (χ1v) is 7.88. The quantitative estimate of drug-likeness (QED) is 0.709. The van der Waals surface area contributed by atoms with Crippen molar-refractivity contribution >= 4 is 5.91 Å². The van der Waals surface area contributed by atoms with Crippen molar-refractivity contribution in [3.05, 3.63) is 29.8 Å². The Balaban J connectivity index is 2.25. The molecule has 1 aromatic carbocycles. The second kappa shape index (κ2) is 9.45. The maximum atomic E-state index is 13.4. The standard InChI is InChI=1S/C17H26F2N2O2/c1-12(2)15(20)8-9-21(3)17(22)5-4-10-23-16-7-6-13(18)11-14(16)19/h6-7,11-12,15H,4-5,8-10,20H2,1-3H3. The van der Waals surface area contributed by atoms with Gasteiger partial charge in [-0.05, 0) is 30.9 Å². The molecular formula is C17H26F2N2O2. The van der Waals surface area contributed by atoms with Crippen LogP contribution in [0.15, 0.2) is 18.2 Å². The van der Waals surface area contributed by atoms with Gasteiger partial charge in [-0.2, -0.15) is 0 Å². The molecule has 0 bridgehead atoms. The number of benzene rings is 1. The van der Waals surface area contributed by atoms with Gasteiger partial charge in [-0.15, -0.1) is 0 Å². The summed E-state index contributed by atoms with van der Waals surface area (Å²) in [6.07, 6.45) is 1.55. The van der Waals surface area contributed by atoms with Crippen LogP contribution in [0.5, 0.6) is 5.75 Å². The van der Waals surface area contributed by atoms with Crippen LogP contribution in [0, 0.1) is 17.6 Å². The van der Waals surface area contributed by atoms with Gasteiger partial charge in [-0.25, -0.2) is 8.78 Å². The van der Waals surface area contributed by atoms with Gasteiger partial charge in [0.25, 0.3) is 0 Å². The van der Waals surface area contributed by atoms with Gasteiger partial charge in [0.15, 0.2) is 11.6 Å². The molecule has 1 rings (SSSR count). The first-order chi connectivity index (χ1) is 10.8. The molecule has 0 fully saturated rings. The Bertz CT molecular complexity index is 509. The zero-order chi connectivity index (χ0) is 17.4. The van der Waals surface area contributed by atoms with Crippen LogP contribution in [0.2, 0.25) is 0 Å². The third-order valence-corrected chi connectivity index (χ3v) is 3.77. The van der Waals surface area contributed by atoms with Gasteiger partial charge >= 0.3 is 0 Å². The Labute approximate surface area is 136 Å². The van der Waals surface area contributed by atoms with E-state index in [-0.39, 0.29) is 24.3 Å². The fourth-order valence-corrected chi connectivity index (χ4v) is 1.99. The lowest BCUT2D eigenvalue weighted by molar-refractivity contribution is -0.130. The van der Waals surface area contributed by atoms with E-state index < -0.39 is 11.6 Å². The number of amides is 1. The molecule has 1 atom stereocenters. The highest BCUT2D eigenvalue weighted by Gasteiger charge is 2.13. The number of halogens is 2. The van der Waals surface area contributed by atoms with Gasteiger partial charge in [0, 0.05) is 32.1 Å². The molecule has 6 heteroatoms. The molecule has 0 heterocycles. The number of nitrogens with zero attached hydrogens (tertiary/aromatic N) is 1. The average molecular weight is 328 g/mol. The summed E-state index contributed by atoms with van der Waals surface area (Å²) >= 11 is 0. The Kier molecular flexibility index (Phi) is 7.95. The number of ether oxygens (including phenoxy) is 1. The number of nitrogens with two attached hydrogens (primary N) is 1. The first-order valence-electron chi connectivity index (χ1n) is 7.88. The smallest absolute Gasteiger partial charge is 0.222 e. The lowest BCUT2D eigenvalue weighted by Gasteiger charge is -2.21. The number of hydrogen-bond donors (Lipinski definition) is 1. The molecule has 1 aromatic rings. The Morgan fingerprint density at radius 3 is 2.65 bits per heavy atom. The summed E-state index contributed by atoms with van der Waals surface area (Å²) in [6.45, 7) is 4.93. The molecule has 0 aliphatic carbocycles. The van der Waals surface area contributed by atoms with Crippen LogP contribution in [-0.2, 0) is 4.79 Å². The molecule has 0 saturated carbocycles. The summed E-state index contributed by atoms with van der Waals surface area (Å²) in [6, 6.07) is 3.23. The largest absolute Gasteiger partial charge is 0.491 e. The van der Waals surface area contributed by atoms with Gasteiger partial charge in [0.05, 0.1) is 6.61 Å². The Morgan fingerprint density at radius 1 is 1.35 bits per heavy atom. The summed E-state index contributed by atoms with van der Waals surface area (Å²) in [5.41, 5.74) is 5.96. The average Bonchev–Trinajstić information content (AvgIpc) is 2.50. The van der Waals surface area contributed by atoms with Crippen molar-refractivity contribution < 1.29 is 18.3 Å². The SMILES string of the molecule is CC(C)C(N)CCN(C)C(=O)CCCOc1ccc(F)cc1F. The van der Waals surface area contributed by atoms with Crippen molar-refractivity contribution in [2.45, 2.75) is 39.2 Å².